The quantitative estimate of drug-likeness (QED) is 0.459. The summed E-state index contributed by atoms with van der Waals surface area (Å²) in [6.07, 6.45) is -7.55. The lowest BCUT2D eigenvalue weighted by atomic mass is 10.2. The van der Waals surface area contributed by atoms with Crippen LogP contribution in [0.4, 0.5) is 26.7 Å². The molecule has 0 radical (unpaired) electrons. The second-order valence-electron chi connectivity index (χ2n) is 5.38. The molecule has 0 aromatic heterocycles. The minimum atomic E-state index is -4.69. The lowest BCUT2D eigenvalue weighted by Gasteiger charge is -2.06. The third kappa shape index (κ3) is 16.0. The van der Waals surface area contributed by atoms with E-state index in [0.29, 0.717) is 0 Å². The standard InChI is InChI=1S/C8H8F2.C4H6F3NO3.C4H9NO/c1-6-2-4-7(5-3-6)8(9)10;5-4(6,7)11-2-1-8-3(9)10;6-4-1-2-5-3-4/h2-5,8H,1H3;8H,1-2H2,(H,9,10);4-6H,1-3H2. The number of carboxylic acid groups (broad SMARTS) is 1. The molecule has 1 unspecified atom stereocenters. The molecule has 156 valence electrons. The van der Waals surface area contributed by atoms with E-state index in [1.807, 2.05) is 6.92 Å². The topological polar surface area (TPSA) is 90.8 Å². The van der Waals surface area contributed by atoms with Crippen LogP contribution in [-0.4, -0.2) is 55.0 Å². The summed E-state index contributed by atoms with van der Waals surface area (Å²) < 4.78 is 60.6. The molecule has 27 heavy (non-hydrogen) atoms. The molecule has 1 aromatic carbocycles. The average Bonchev–Trinajstić information content (AvgIpc) is 3.03. The van der Waals surface area contributed by atoms with Gasteiger partial charge in [-0.15, -0.1) is 13.2 Å². The molecule has 0 saturated carbocycles. The summed E-state index contributed by atoms with van der Waals surface area (Å²) in [6, 6.07) is 6.25. The zero-order valence-electron chi connectivity index (χ0n) is 14.6. The SMILES string of the molecule is Cc1ccc(C(F)F)cc1.O=C(O)NCCOC(F)(F)F.OC1CCNC1. The first-order valence-corrected chi connectivity index (χ1v) is 7.92. The van der Waals surface area contributed by atoms with Crippen molar-refractivity contribution in [1.29, 1.82) is 0 Å². The summed E-state index contributed by atoms with van der Waals surface area (Å²) in [4.78, 5) is 9.68. The minimum Gasteiger partial charge on any atom is -0.465 e. The van der Waals surface area contributed by atoms with Gasteiger partial charge in [0, 0.05) is 18.7 Å². The molecule has 0 aliphatic carbocycles. The summed E-state index contributed by atoms with van der Waals surface area (Å²) in [6.45, 7) is 2.56. The van der Waals surface area contributed by atoms with Gasteiger partial charge >= 0.3 is 12.5 Å². The molecule has 1 fully saturated rings. The maximum absolute atomic E-state index is 11.9. The van der Waals surface area contributed by atoms with Gasteiger partial charge in [0.25, 0.3) is 6.43 Å². The van der Waals surface area contributed by atoms with Crippen molar-refractivity contribution in [3.63, 3.8) is 0 Å². The molecule has 1 aliphatic heterocycles. The monoisotopic (exact) mass is 402 g/mol. The van der Waals surface area contributed by atoms with Crippen LogP contribution in [-0.2, 0) is 4.74 Å². The van der Waals surface area contributed by atoms with Crippen LogP contribution in [0.25, 0.3) is 0 Å². The van der Waals surface area contributed by atoms with Gasteiger partial charge in [0.1, 0.15) is 0 Å². The molecule has 1 atom stereocenters. The number of hydrogen-bond donors (Lipinski definition) is 4. The third-order valence-electron chi connectivity index (χ3n) is 3.01. The van der Waals surface area contributed by atoms with Gasteiger partial charge < -0.3 is 20.8 Å². The molecule has 1 aliphatic rings. The number of β-amino-alcohol motifs (C(OH)–C–C–N with tert-alkyl or cyclic N) is 1. The molecule has 0 bridgehead atoms. The number of benzene rings is 1. The smallest absolute Gasteiger partial charge is 0.465 e. The highest BCUT2D eigenvalue weighted by atomic mass is 19.4. The Hall–Kier alpha value is -1.98. The fourth-order valence-corrected chi connectivity index (χ4v) is 1.68. The lowest BCUT2D eigenvalue weighted by molar-refractivity contribution is -0.323. The van der Waals surface area contributed by atoms with Crippen LogP contribution in [0, 0.1) is 6.92 Å². The summed E-state index contributed by atoms with van der Waals surface area (Å²) in [5, 5.41) is 21.3. The number of aliphatic hydroxyl groups is 1. The molecule has 2 rings (SSSR count). The van der Waals surface area contributed by atoms with Gasteiger partial charge in [0.05, 0.1) is 12.7 Å². The highest BCUT2D eigenvalue weighted by Crippen LogP contribution is 2.18. The fourth-order valence-electron chi connectivity index (χ4n) is 1.68. The Labute approximate surface area is 153 Å². The number of rotatable bonds is 4. The first-order chi connectivity index (χ1) is 12.5. The van der Waals surface area contributed by atoms with Crippen molar-refractivity contribution >= 4 is 6.09 Å². The van der Waals surface area contributed by atoms with Gasteiger partial charge in [-0.05, 0) is 19.9 Å². The number of alkyl halides is 5. The van der Waals surface area contributed by atoms with Gasteiger partial charge in [-0.1, -0.05) is 29.8 Å². The Kier molecular flexibility index (Phi) is 12.3. The van der Waals surface area contributed by atoms with Crippen LogP contribution in [0.1, 0.15) is 24.0 Å². The van der Waals surface area contributed by atoms with Crippen LogP contribution in [0.2, 0.25) is 0 Å². The van der Waals surface area contributed by atoms with E-state index in [9.17, 15) is 26.7 Å². The van der Waals surface area contributed by atoms with E-state index in [2.05, 4.69) is 10.1 Å². The molecule has 1 saturated heterocycles. The van der Waals surface area contributed by atoms with E-state index in [-0.39, 0.29) is 18.2 Å². The zero-order valence-corrected chi connectivity index (χ0v) is 14.6. The maximum Gasteiger partial charge on any atom is 0.522 e. The third-order valence-corrected chi connectivity index (χ3v) is 3.01. The van der Waals surface area contributed by atoms with Crippen molar-refractivity contribution in [2.75, 3.05) is 26.2 Å². The van der Waals surface area contributed by atoms with E-state index in [0.717, 1.165) is 25.1 Å². The normalized spacial score (nSPS) is 16.1. The van der Waals surface area contributed by atoms with Gasteiger partial charge in [-0.2, -0.15) is 0 Å². The van der Waals surface area contributed by atoms with E-state index in [1.54, 1.807) is 17.4 Å². The van der Waals surface area contributed by atoms with Crippen LogP contribution >= 0.6 is 0 Å². The van der Waals surface area contributed by atoms with Crippen molar-refractivity contribution < 1.29 is 41.7 Å². The number of carbonyl (C=O) groups is 1. The van der Waals surface area contributed by atoms with Gasteiger partial charge in [0.2, 0.25) is 0 Å². The average molecular weight is 402 g/mol. The van der Waals surface area contributed by atoms with E-state index < -0.39 is 25.5 Å². The number of nitrogens with one attached hydrogen (secondary N) is 2. The second-order valence-corrected chi connectivity index (χ2v) is 5.38. The van der Waals surface area contributed by atoms with Crippen LogP contribution < -0.4 is 10.6 Å². The first-order valence-electron chi connectivity index (χ1n) is 7.92. The molecule has 1 aromatic rings. The number of aliphatic hydroxyl groups excluding tert-OH is 1. The summed E-state index contributed by atoms with van der Waals surface area (Å²) in [7, 11) is 0. The van der Waals surface area contributed by atoms with E-state index >= 15 is 0 Å². The summed E-state index contributed by atoms with van der Waals surface area (Å²) in [5.41, 5.74) is 1.09. The highest BCUT2D eigenvalue weighted by molar-refractivity contribution is 5.64. The predicted molar refractivity (Wildman–Crippen MR) is 87.7 cm³/mol. The summed E-state index contributed by atoms with van der Waals surface area (Å²) >= 11 is 0. The largest absolute Gasteiger partial charge is 0.522 e. The number of hydrogen-bond acceptors (Lipinski definition) is 4. The minimum absolute atomic E-state index is 0.0648. The van der Waals surface area contributed by atoms with Gasteiger partial charge in [-0.3, -0.25) is 4.74 Å². The van der Waals surface area contributed by atoms with Gasteiger partial charge in [-0.25, -0.2) is 13.6 Å². The zero-order chi connectivity index (χ0) is 20.9. The second kappa shape index (κ2) is 13.2. The fraction of sp³-hybridized carbons (Fsp3) is 0.562. The first kappa shape index (κ1) is 25.0. The lowest BCUT2D eigenvalue weighted by Crippen LogP contribution is -2.27. The molecule has 4 N–H and O–H groups in total. The number of halogens is 5. The number of aryl methyl sites for hydroxylation is 1. The van der Waals surface area contributed by atoms with Crippen molar-refractivity contribution in [3.05, 3.63) is 35.4 Å². The van der Waals surface area contributed by atoms with Crippen LogP contribution in [0.3, 0.4) is 0 Å². The number of amides is 1. The maximum atomic E-state index is 11.9. The molecular formula is C16H23F5N2O4. The Morgan fingerprint density at radius 2 is 1.93 bits per heavy atom. The van der Waals surface area contributed by atoms with Crippen molar-refractivity contribution in [3.8, 4) is 0 Å². The van der Waals surface area contributed by atoms with Crippen LogP contribution in [0.15, 0.2) is 24.3 Å². The molecule has 6 nitrogen and oxygen atoms in total. The Balaban J connectivity index is 0.000000390. The number of ether oxygens (including phenoxy) is 1. The van der Waals surface area contributed by atoms with Crippen molar-refractivity contribution in [1.82, 2.24) is 10.6 Å². The van der Waals surface area contributed by atoms with E-state index in [4.69, 9.17) is 10.2 Å². The molecule has 1 heterocycles. The molecule has 11 heteroatoms. The summed E-state index contributed by atoms with van der Waals surface area (Å²) in [5.74, 6) is 0. The molecule has 0 spiro atoms. The van der Waals surface area contributed by atoms with Crippen molar-refractivity contribution in [2.24, 2.45) is 0 Å². The highest BCUT2D eigenvalue weighted by Gasteiger charge is 2.28. The van der Waals surface area contributed by atoms with Gasteiger partial charge in [0.15, 0.2) is 0 Å². The Bertz CT molecular complexity index is 521. The molecule has 1 amide bonds. The Morgan fingerprint density at radius 3 is 2.26 bits per heavy atom. The Morgan fingerprint density at radius 1 is 1.33 bits per heavy atom. The van der Waals surface area contributed by atoms with Crippen molar-refractivity contribution in [2.45, 2.75) is 32.2 Å². The predicted octanol–water partition coefficient (Wildman–Crippen LogP) is 3.06. The van der Waals surface area contributed by atoms with E-state index in [1.165, 1.54) is 12.1 Å². The molecular weight excluding hydrogens is 379 g/mol. The van der Waals surface area contributed by atoms with Crippen LogP contribution in [0.5, 0.6) is 0 Å².